The first-order valence-electron chi connectivity index (χ1n) is 5.52. The zero-order valence-corrected chi connectivity index (χ0v) is 11.4. The lowest BCUT2D eigenvalue weighted by molar-refractivity contribution is 0.396. The molecule has 18 heavy (non-hydrogen) atoms. The average Bonchev–Trinajstić information content (AvgIpc) is 2.32. The van der Waals surface area contributed by atoms with Crippen LogP contribution in [0.15, 0.2) is 34.2 Å². The van der Waals surface area contributed by atoms with Crippen molar-refractivity contribution in [3.05, 3.63) is 35.4 Å². The summed E-state index contributed by atoms with van der Waals surface area (Å²) in [6, 6.07) is 8.08. The highest BCUT2D eigenvalue weighted by atomic mass is 32.2. The second kappa shape index (κ2) is 5.27. The van der Waals surface area contributed by atoms with Crippen LogP contribution in [0.2, 0.25) is 0 Å². The van der Waals surface area contributed by atoms with Crippen molar-refractivity contribution in [2.45, 2.75) is 23.8 Å². The number of ether oxygens (including phenoxy) is 1. The Balaban J connectivity index is 2.30. The zero-order chi connectivity index (χ0) is 13.1. The Bertz CT molecular complexity index is 572. The lowest BCUT2D eigenvalue weighted by atomic mass is 10.2. The number of nitrogen functional groups attached to an aromatic ring is 1. The zero-order valence-electron chi connectivity index (χ0n) is 10.6. The highest BCUT2D eigenvalue weighted by Gasteiger charge is 2.06. The van der Waals surface area contributed by atoms with Crippen molar-refractivity contribution in [2.75, 3.05) is 12.8 Å². The summed E-state index contributed by atoms with van der Waals surface area (Å²) in [6.45, 7) is 4.16. The minimum absolute atomic E-state index is 0.224. The molecule has 2 rings (SSSR count). The number of methoxy groups -OCH3 is 1. The molecule has 0 radical (unpaired) electrons. The van der Waals surface area contributed by atoms with Crippen molar-refractivity contribution in [1.82, 2.24) is 9.97 Å². The van der Waals surface area contributed by atoms with Crippen LogP contribution in [0.5, 0.6) is 5.88 Å². The summed E-state index contributed by atoms with van der Waals surface area (Å²) in [5.74, 6) is 0.705. The van der Waals surface area contributed by atoms with E-state index in [-0.39, 0.29) is 5.95 Å². The number of nitrogens with two attached hydrogens (primary N) is 1. The molecule has 1 aromatic carbocycles. The summed E-state index contributed by atoms with van der Waals surface area (Å²) in [6.07, 6.45) is 0. The predicted molar refractivity (Wildman–Crippen MR) is 73.0 cm³/mol. The molecule has 4 nitrogen and oxygen atoms in total. The molecule has 0 aliphatic carbocycles. The molecule has 0 bridgehead atoms. The van der Waals surface area contributed by atoms with Crippen LogP contribution in [0.25, 0.3) is 0 Å². The Hall–Kier alpha value is -1.75. The molecule has 94 valence electrons. The maximum atomic E-state index is 5.64. The predicted octanol–water partition coefficient (Wildman–Crippen LogP) is 2.84. The quantitative estimate of drug-likeness (QED) is 0.861. The van der Waals surface area contributed by atoms with Crippen LogP contribution >= 0.6 is 11.8 Å². The van der Waals surface area contributed by atoms with Crippen molar-refractivity contribution >= 4 is 17.7 Å². The molecule has 0 spiro atoms. The number of rotatable bonds is 3. The number of aryl methyl sites for hydroxylation is 2. The second-order valence-electron chi connectivity index (χ2n) is 3.98. The Kier molecular flexibility index (Phi) is 3.72. The SMILES string of the molecule is COc1cc(Sc2ccc(C)cc2C)nc(N)n1. The minimum Gasteiger partial charge on any atom is -0.481 e. The van der Waals surface area contributed by atoms with Crippen LogP contribution in [0.3, 0.4) is 0 Å². The van der Waals surface area contributed by atoms with Gasteiger partial charge in [-0.1, -0.05) is 29.5 Å². The number of anilines is 1. The first kappa shape index (κ1) is 12.7. The Morgan fingerprint density at radius 1 is 1.17 bits per heavy atom. The molecule has 2 aromatic rings. The monoisotopic (exact) mass is 261 g/mol. The fourth-order valence-electron chi connectivity index (χ4n) is 1.60. The Morgan fingerprint density at radius 3 is 2.61 bits per heavy atom. The first-order valence-corrected chi connectivity index (χ1v) is 6.34. The summed E-state index contributed by atoms with van der Waals surface area (Å²) in [5.41, 5.74) is 8.10. The largest absolute Gasteiger partial charge is 0.481 e. The summed E-state index contributed by atoms with van der Waals surface area (Å²) < 4.78 is 5.08. The highest BCUT2D eigenvalue weighted by Crippen LogP contribution is 2.31. The molecule has 0 aliphatic heterocycles. The van der Waals surface area contributed by atoms with Crippen LogP contribution < -0.4 is 10.5 Å². The fraction of sp³-hybridized carbons (Fsp3) is 0.231. The van der Waals surface area contributed by atoms with Crippen molar-refractivity contribution in [1.29, 1.82) is 0 Å². The molecule has 0 amide bonds. The van der Waals surface area contributed by atoms with Gasteiger partial charge in [-0.15, -0.1) is 0 Å². The number of hydrogen-bond acceptors (Lipinski definition) is 5. The summed E-state index contributed by atoms with van der Waals surface area (Å²) >= 11 is 1.56. The fourth-order valence-corrected chi connectivity index (χ4v) is 2.48. The minimum atomic E-state index is 0.224. The van der Waals surface area contributed by atoms with Gasteiger partial charge >= 0.3 is 0 Å². The van der Waals surface area contributed by atoms with E-state index in [0.717, 1.165) is 9.92 Å². The molecule has 0 fully saturated rings. The van der Waals surface area contributed by atoms with Gasteiger partial charge in [0.15, 0.2) is 0 Å². The van der Waals surface area contributed by atoms with Crippen molar-refractivity contribution in [3.63, 3.8) is 0 Å². The van der Waals surface area contributed by atoms with Crippen molar-refractivity contribution in [2.24, 2.45) is 0 Å². The number of hydrogen-bond donors (Lipinski definition) is 1. The molecule has 0 aliphatic rings. The van der Waals surface area contributed by atoms with Gasteiger partial charge in [-0.05, 0) is 25.5 Å². The molecule has 0 saturated carbocycles. The van der Waals surface area contributed by atoms with Gasteiger partial charge in [-0.25, -0.2) is 4.98 Å². The van der Waals surface area contributed by atoms with Gasteiger partial charge in [0.1, 0.15) is 5.03 Å². The van der Waals surface area contributed by atoms with Gasteiger partial charge < -0.3 is 10.5 Å². The van der Waals surface area contributed by atoms with Gasteiger partial charge in [0.2, 0.25) is 11.8 Å². The van der Waals surface area contributed by atoms with Crippen LogP contribution in [-0.2, 0) is 0 Å². The third-order valence-electron chi connectivity index (χ3n) is 2.45. The molecule has 1 aromatic heterocycles. The van der Waals surface area contributed by atoms with E-state index in [0.29, 0.717) is 5.88 Å². The van der Waals surface area contributed by atoms with Gasteiger partial charge in [-0.3, -0.25) is 0 Å². The smallest absolute Gasteiger partial charge is 0.224 e. The highest BCUT2D eigenvalue weighted by molar-refractivity contribution is 7.99. The molecule has 0 saturated heterocycles. The molecule has 0 unspecified atom stereocenters. The van der Waals surface area contributed by atoms with Gasteiger partial charge in [0, 0.05) is 11.0 Å². The number of aromatic nitrogens is 2. The van der Waals surface area contributed by atoms with Crippen LogP contribution in [0.1, 0.15) is 11.1 Å². The molecule has 1 heterocycles. The summed E-state index contributed by atoms with van der Waals surface area (Å²) in [4.78, 5) is 9.31. The second-order valence-corrected chi connectivity index (χ2v) is 5.04. The lowest BCUT2D eigenvalue weighted by Gasteiger charge is -2.07. The van der Waals surface area contributed by atoms with Gasteiger partial charge in [0.25, 0.3) is 0 Å². The molecular weight excluding hydrogens is 246 g/mol. The lowest BCUT2D eigenvalue weighted by Crippen LogP contribution is -1.98. The summed E-state index contributed by atoms with van der Waals surface area (Å²) in [5, 5.41) is 0.784. The average molecular weight is 261 g/mol. The van der Waals surface area contributed by atoms with E-state index >= 15 is 0 Å². The van der Waals surface area contributed by atoms with E-state index in [1.807, 2.05) is 0 Å². The topological polar surface area (TPSA) is 61.0 Å². The van der Waals surface area contributed by atoms with E-state index < -0.39 is 0 Å². The Labute approximate surface area is 111 Å². The van der Waals surface area contributed by atoms with E-state index in [4.69, 9.17) is 10.5 Å². The molecule has 5 heteroatoms. The normalized spacial score (nSPS) is 10.4. The number of nitrogens with zero attached hydrogens (tertiary/aromatic N) is 2. The van der Waals surface area contributed by atoms with Crippen molar-refractivity contribution in [3.8, 4) is 5.88 Å². The van der Waals surface area contributed by atoms with Crippen molar-refractivity contribution < 1.29 is 4.74 Å². The Morgan fingerprint density at radius 2 is 1.94 bits per heavy atom. The molecular formula is C13H15N3OS. The third-order valence-corrected chi connectivity index (χ3v) is 3.55. The third kappa shape index (κ3) is 2.92. The standard InChI is InChI=1S/C13H15N3OS/c1-8-4-5-10(9(2)6-8)18-12-7-11(17-3)15-13(14)16-12/h4-7H,1-3H3,(H2,14,15,16). The molecule has 2 N–H and O–H groups in total. The maximum Gasteiger partial charge on any atom is 0.224 e. The maximum absolute atomic E-state index is 5.64. The number of benzene rings is 1. The van der Waals surface area contributed by atoms with Crippen LogP contribution in [-0.4, -0.2) is 17.1 Å². The van der Waals surface area contributed by atoms with E-state index in [1.54, 1.807) is 24.9 Å². The molecule has 0 atom stereocenters. The van der Waals surface area contributed by atoms with E-state index in [2.05, 4.69) is 42.0 Å². The van der Waals surface area contributed by atoms with Gasteiger partial charge in [-0.2, -0.15) is 4.98 Å². The van der Waals surface area contributed by atoms with Crippen LogP contribution in [0.4, 0.5) is 5.95 Å². The van der Waals surface area contributed by atoms with E-state index in [1.165, 1.54) is 11.1 Å². The van der Waals surface area contributed by atoms with Gasteiger partial charge in [0.05, 0.1) is 7.11 Å². The van der Waals surface area contributed by atoms with E-state index in [9.17, 15) is 0 Å². The first-order chi connectivity index (χ1) is 8.58. The van der Waals surface area contributed by atoms with Crippen LogP contribution in [0, 0.1) is 13.8 Å². The summed E-state index contributed by atoms with van der Waals surface area (Å²) in [7, 11) is 1.56.